The largest absolute Gasteiger partial charge is 0.314 e. The average Bonchev–Trinajstić information content (AvgIpc) is 2.35. The van der Waals surface area contributed by atoms with Crippen LogP contribution in [0.25, 0.3) is 0 Å². The van der Waals surface area contributed by atoms with Crippen molar-refractivity contribution in [2.24, 2.45) is 0 Å². The van der Waals surface area contributed by atoms with Gasteiger partial charge in [-0.2, -0.15) is 0 Å². The number of carbonyl (C=O) groups excluding carboxylic acids is 1. The molecular formula is C13H20N2O. The first-order chi connectivity index (χ1) is 7.69. The average molecular weight is 220 g/mol. The molecule has 0 aliphatic rings. The minimum absolute atomic E-state index is 0.134. The molecule has 3 nitrogen and oxygen atoms in total. The smallest absolute Gasteiger partial charge is 0.240 e. The molecule has 0 radical (unpaired) electrons. The number of carbonyl (C=O) groups is 1. The molecule has 0 N–H and O–H groups in total. The molecule has 0 bridgehead atoms. The zero-order valence-electron chi connectivity index (χ0n) is 10.3. The van der Waals surface area contributed by atoms with Crippen molar-refractivity contribution in [2.45, 2.75) is 13.8 Å². The SMILES string of the molecule is CCN(CC)CC(=O)N(C)c1ccccc1. The van der Waals surface area contributed by atoms with Gasteiger partial charge in [0, 0.05) is 12.7 Å². The van der Waals surface area contributed by atoms with Crippen LogP contribution in [0.2, 0.25) is 0 Å². The number of hydrogen-bond acceptors (Lipinski definition) is 2. The predicted molar refractivity (Wildman–Crippen MR) is 67.6 cm³/mol. The molecule has 16 heavy (non-hydrogen) atoms. The van der Waals surface area contributed by atoms with Crippen molar-refractivity contribution in [3.63, 3.8) is 0 Å². The van der Waals surface area contributed by atoms with Crippen LogP contribution in [0.5, 0.6) is 0 Å². The molecule has 0 atom stereocenters. The Bertz CT molecular complexity index is 320. The highest BCUT2D eigenvalue weighted by Crippen LogP contribution is 2.11. The third-order valence-corrected chi connectivity index (χ3v) is 2.77. The van der Waals surface area contributed by atoms with Crippen LogP contribution in [-0.2, 0) is 4.79 Å². The summed E-state index contributed by atoms with van der Waals surface area (Å²) >= 11 is 0. The van der Waals surface area contributed by atoms with Gasteiger partial charge in [-0.1, -0.05) is 32.0 Å². The summed E-state index contributed by atoms with van der Waals surface area (Å²) in [5.41, 5.74) is 0.944. The van der Waals surface area contributed by atoms with Crippen molar-refractivity contribution < 1.29 is 4.79 Å². The molecule has 88 valence electrons. The minimum Gasteiger partial charge on any atom is -0.314 e. The summed E-state index contributed by atoms with van der Waals surface area (Å²) in [6.07, 6.45) is 0. The van der Waals surface area contributed by atoms with Crippen LogP contribution in [0.15, 0.2) is 30.3 Å². The summed E-state index contributed by atoms with van der Waals surface area (Å²) in [5, 5.41) is 0. The fourth-order valence-electron chi connectivity index (χ4n) is 1.54. The monoisotopic (exact) mass is 220 g/mol. The molecule has 0 unspecified atom stereocenters. The summed E-state index contributed by atoms with van der Waals surface area (Å²) in [5.74, 6) is 0.134. The van der Waals surface area contributed by atoms with E-state index >= 15 is 0 Å². The van der Waals surface area contributed by atoms with Gasteiger partial charge in [0.2, 0.25) is 5.91 Å². The van der Waals surface area contributed by atoms with Gasteiger partial charge < -0.3 is 4.90 Å². The lowest BCUT2D eigenvalue weighted by molar-refractivity contribution is -0.119. The fourth-order valence-corrected chi connectivity index (χ4v) is 1.54. The maximum atomic E-state index is 12.0. The van der Waals surface area contributed by atoms with Crippen molar-refractivity contribution in [2.75, 3.05) is 31.6 Å². The van der Waals surface area contributed by atoms with E-state index in [1.165, 1.54) is 0 Å². The molecule has 1 aromatic carbocycles. The second-order valence-electron chi connectivity index (χ2n) is 3.75. The fraction of sp³-hybridized carbons (Fsp3) is 0.462. The molecule has 0 saturated heterocycles. The van der Waals surface area contributed by atoms with Crippen molar-refractivity contribution in [3.05, 3.63) is 30.3 Å². The zero-order chi connectivity index (χ0) is 12.0. The standard InChI is InChI=1S/C13H20N2O/c1-4-15(5-2)11-13(16)14(3)12-9-7-6-8-10-12/h6-10H,4-5,11H2,1-3H3. The van der Waals surface area contributed by atoms with E-state index in [9.17, 15) is 4.79 Å². The summed E-state index contributed by atoms with van der Waals surface area (Å²) in [6, 6.07) is 9.72. The molecule has 1 rings (SSSR count). The van der Waals surface area contributed by atoms with Crippen LogP contribution in [0.4, 0.5) is 5.69 Å². The maximum absolute atomic E-state index is 12.0. The Morgan fingerprint density at radius 3 is 2.19 bits per heavy atom. The van der Waals surface area contributed by atoms with Crippen LogP contribution in [0, 0.1) is 0 Å². The van der Waals surface area contributed by atoms with Gasteiger partial charge in [-0.15, -0.1) is 0 Å². The number of likely N-dealkylation sites (N-methyl/N-ethyl adjacent to an activating group) is 2. The maximum Gasteiger partial charge on any atom is 0.240 e. The lowest BCUT2D eigenvalue weighted by Gasteiger charge is -2.22. The first kappa shape index (κ1) is 12.7. The lowest BCUT2D eigenvalue weighted by Crippen LogP contribution is -2.38. The van der Waals surface area contributed by atoms with E-state index in [4.69, 9.17) is 0 Å². The second-order valence-corrected chi connectivity index (χ2v) is 3.75. The molecule has 0 heterocycles. The number of amides is 1. The van der Waals surface area contributed by atoms with Crippen LogP contribution in [-0.4, -0.2) is 37.5 Å². The van der Waals surface area contributed by atoms with Gasteiger partial charge >= 0.3 is 0 Å². The van der Waals surface area contributed by atoms with E-state index in [1.807, 2.05) is 37.4 Å². The Hall–Kier alpha value is -1.35. The molecule has 1 aromatic rings. The van der Waals surface area contributed by atoms with Gasteiger partial charge in [0.05, 0.1) is 6.54 Å². The first-order valence-electron chi connectivity index (χ1n) is 5.73. The number of anilines is 1. The number of hydrogen-bond donors (Lipinski definition) is 0. The van der Waals surface area contributed by atoms with Crippen molar-refractivity contribution in [1.82, 2.24) is 4.90 Å². The Morgan fingerprint density at radius 2 is 1.69 bits per heavy atom. The minimum atomic E-state index is 0.134. The molecular weight excluding hydrogens is 200 g/mol. The third kappa shape index (κ3) is 3.35. The molecule has 0 fully saturated rings. The molecule has 0 saturated carbocycles. The third-order valence-electron chi connectivity index (χ3n) is 2.77. The Labute approximate surface area is 97.7 Å². The topological polar surface area (TPSA) is 23.6 Å². The number of nitrogens with zero attached hydrogens (tertiary/aromatic N) is 2. The Balaban J connectivity index is 2.61. The van der Waals surface area contributed by atoms with E-state index in [0.29, 0.717) is 6.54 Å². The predicted octanol–water partition coefficient (Wildman–Crippen LogP) is 1.99. The molecule has 0 aliphatic carbocycles. The molecule has 0 spiro atoms. The quantitative estimate of drug-likeness (QED) is 0.757. The normalized spacial score (nSPS) is 10.5. The molecule has 0 aliphatic heterocycles. The van der Waals surface area contributed by atoms with Gasteiger partial charge in [-0.05, 0) is 25.2 Å². The highest BCUT2D eigenvalue weighted by Gasteiger charge is 2.13. The summed E-state index contributed by atoms with van der Waals surface area (Å²) in [6.45, 7) is 6.44. The van der Waals surface area contributed by atoms with Crippen LogP contribution < -0.4 is 4.90 Å². The Morgan fingerprint density at radius 1 is 1.12 bits per heavy atom. The molecule has 3 heteroatoms. The van der Waals surface area contributed by atoms with E-state index in [1.54, 1.807) is 4.90 Å². The van der Waals surface area contributed by atoms with E-state index in [0.717, 1.165) is 18.8 Å². The van der Waals surface area contributed by atoms with Crippen LogP contribution >= 0.6 is 0 Å². The first-order valence-corrected chi connectivity index (χ1v) is 5.73. The summed E-state index contributed by atoms with van der Waals surface area (Å²) < 4.78 is 0. The number of benzene rings is 1. The summed E-state index contributed by atoms with van der Waals surface area (Å²) in [4.78, 5) is 15.8. The van der Waals surface area contributed by atoms with E-state index < -0.39 is 0 Å². The number of para-hydroxylation sites is 1. The van der Waals surface area contributed by atoms with Crippen LogP contribution in [0.3, 0.4) is 0 Å². The Kier molecular flexibility index (Phi) is 4.99. The highest BCUT2D eigenvalue weighted by atomic mass is 16.2. The summed E-state index contributed by atoms with van der Waals surface area (Å²) in [7, 11) is 1.82. The highest BCUT2D eigenvalue weighted by molar-refractivity contribution is 5.94. The van der Waals surface area contributed by atoms with Crippen molar-refractivity contribution in [3.8, 4) is 0 Å². The van der Waals surface area contributed by atoms with Crippen LogP contribution in [0.1, 0.15) is 13.8 Å². The van der Waals surface area contributed by atoms with E-state index in [2.05, 4.69) is 18.7 Å². The molecule has 1 amide bonds. The van der Waals surface area contributed by atoms with E-state index in [-0.39, 0.29) is 5.91 Å². The second kappa shape index (κ2) is 6.28. The van der Waals surface area contributed by atoms with Crippen molar-refractivity contribution in [1.29, 1.82) is 0 Å². The van der Waals surface area contributed by atoms with Crippen molar-refractivity contribution >= 4 is 11.6 Å². The number of rotatable bonds is 5. The lowest BCUT2D eigenvalue weighted by atomic mass is 10.3. The zero-order valence-corrected chi connectivity index (χ0v) is 10.3. The van der Waals surface area contributed by atoms with Gasteiger partial charge in [0.25, 0.3) is 0 Å². The van der Waals surface area contributed by atoms with Gasteiger partial charge in [-0.3, -0.25) is 9.69 Å². The molecule has 0 aromatic heterocycles. The van der Waals surface area contributed by atoms with Gasteiger partial charge in [-0.25, -0.2) is 0 Å². The van der Waals surface area contributed by atoms with Gasteiger partial charge in [0.1, 0.15) is 0 Å². The van der Waals surface area contributed by atoms with Gasteiger partial charge in [0.15, 0.2) is 0 Å².